The van der Waals surface area contributed by atoms with Crippen LogP contribution in [0, 0.1) is 13.8 Å². The minimum Gasteiger partial charge on any atom is -0.484 e. The van der Waals surface area contributed by atoms with E-state index in [9.17, 15) is 14.4 Å². The van der Waals surface area contributed by atoms with E-state index in [1.54, 1.807) is 30.3 Å². The van der Waals surface area contributed by atoms with E-state index in [1.165, 1.54) is 0 Å². The summed E-state index contributed by atoms with van der Waals surface area (Å²) in [6.45, 7) is 3.53. The Kier molecular flexibility index (Phi) is 4.15. The van der Waals surface area contributed by atoms with Crippen molar-refractivity contribution < 1.29 is 18.7 Å². The quantitative estimate of drug-likeness (QED) is 0.722. The second-order valence-corrected chi connectivity index (χ2v) is 6.86. The van der Waals surface area contributed by atoms with Gasteiger partial charge < -0.3 is 20.2 Å². The molecule has 7 nitrogen and oxygen atoms in total. The molecule has 1 aliphatic heterocycles. The highest BCUT2D eigenvalue weighted by Gasteiger charge is 2.36. The van der Waals surface area contributed by atoms with E-state index < -0.39 is 17.9 Å². The van der Waals surface area contributed by atoms with E-state index in [0.717, 1.165) is 11.1 Å². The predicted molar refractivity (Wildman–Crippen MR) is 102 cm³/mol. The summed E-state index contributed by atoms with van der Waals surface area (Å²) in [5, 5.41) is 3.29. The molecule has 1 aromatic heterocycles. The number of rotatable bonds is 4. The minimum absolute atomic E-state index is 0.0431. The molecule has 3 N–H and O–H groups in total. The Morgan fingerprint density at radius 2 is 1.89 bits per heavy atom. The monoisotopic (exact) mass is 378 g/mol. The smallest absolute Gasteiger partial charge is 0.288 e. The molecule has 3 aromatic rings. The molecule has 1 aliphatic rings. The number of nitrogens with one attached hydrogen (secondary N) is 1. The van der Waals surface area contributed by atoms with Crippen LogP contribution in [-0.2, 0) is 4.79 Å². The van der Waals surface area contributed by atoms with Gasteiger partial charge in [-0.15, -0.1) is 0 Å². The first kappa shape index (κ1) is 17.8. The first-order valence-corrected chi connectivity index (χ1v) is 8.75. The molecule has 28 heavy (non-hydrogen) atoms. The van der Waals surface area contributed by atoms with Crippen LogP contribution in [0.1, 0.15) is 38.9 Å². The van der Waals surface area contributed by atoms with Crippen molar-refractivity contribution in [3.05, 3.63) is 74.6 Å². The van der Waals surface area contributed by atoms with Crippen LogP contribution in [0.3, 0.4) is 0 Å². The van der Waals surface area contributed by atoms with Crippen molar-refractivity contribution in [1.82, 2.24) is 5.32 Å². The molecule has 0 aliphatic carbocycles. The Bertz CT molecular complexity index is 1180. The highest BCUT2D eigenvalue weighted by molar-refractivity contribution is 5.99. The fourth-order valence-electron chi connectivity index (χ4n) is 3.56. The number of nitrogens with two attached hydrogens (primary N) is 1. The molecule has 0 fully saturated rings. The van der Waals surface area contributed by atoms with Crippen molar-refractivity contribution in [1.29, 1.82) is 0 Å². The number of benzene rings is 2. The van der Waals surface area contributed by atoms with Gasteiger partial charge in [0, 0.05) is 0 Å². The lowest BCUT2D eigenvalue weighted by atomic mass is 9.97. The zero-order chi connectivity index (χ0) is 20.0. The predicted octanol–water partition coefficient (Wildman–Crippen LogP) is 2.11. The molecular formula is C21H18N2O5. The summed E-state index contributed by atoms with van der Waals surface area (Å²) >= 11 is 0. The van der Waals surface area contributed by atoms with E-state index in [0.29, 0.717) is 27.8 Å². The maximum Gasteiger partial charge on any atom is 0.288 e. The van der Waals surface area contributed by atoms with Crippen molar-refractivity contribution in [3.8, 4) is 5.75 Å². The summed E-state index contributed by atoms with van der Waals surface area (Å²) in [4.78, 5) is 36.5. The highest BCUT2D eigenvalue weighted by Crippen LogP contribution is 2.32. The second-order valence-electron chi connectivity index (χ2n) is 6.86. The SMILES string of the molecule is Cc1cc(C)c2c(=O)c3c(oc2c1)C(=O)NC3c1ccc(OCC(N)=O)cc1. The summed E-state index contributed by atoms with van der Waals surface area (Å²) in [6.07, 6.45) is 0. The molecule has 0 bridgehead atoms. The summed E-state index contributed by atoms with van der Waals surface area (Å²) in [6, 6.07) is 9.81. The van der Waals surface area contributed by atoms with Crippen molar-refractivity contribution in [2.24, 2.45) is 5.73 Å². The molecule has 7 heteroatoms. The van der Waals surface area contributed by atoms with E-state index in [1.807, 2.05) is 19.9 Å². The fourth-order valence-corrected chi connectivity index (χ4v) is 3.56. The summed E-state index contributed by atoms with van der Waals surface area (Å²) in [5.74, 6) is -0.492. The van der Waals surface area contributed by atoms with Crippen molar-refractivity contribution in [2.75, 3.05) is 6.61 Å². The Morgan fingerprint density at radius 1 is 1.18 bits per heavy atom. The van der Waals surface area contributed by atoms with Crippen molar-refractivity contribution in [2.45, 2.75) is 19.9 Å². The number of aryl methyl sites for hydroxylation is 2. The van der Waals surface area contributed by atoms with Crippen molar-refractivity contribution in [3.63, 3.8) is 0 Å². The maximum atomic E-state index is 13.2. The van der Waals surface area contributed by atoms with Gasteiger partial charge in [0.1, 0.15) is 11.3 Å². The van der Waals surface area contributed by atoms with E-state index in [2.05, 4.69) is 5.32 Å². The Morgan fingerprint density at radius 3 is 2.57 bits per heavy atom. The lowest BCUT2D eigenvalue weighted by Gasteiger charge is -2.13. The van der Waals surface area contributed by atoms with Gasteiger partial charge in [-0.1, -0.05) is 18.2 Å². The van der Waals surface area contributed by atoms with Gasteiger partial charge in [0.25, 0.3) is 11.8 Å². The molecule has 0 spiro atoms. The molecule has 0 radical (unpaired) electrons. The number of hydrogen-bond acceptors (Lipinski definition) is 5. The molecule has 2 heterocycles. The molecule has 2 amide bonds. The van der Waals surface area contributed by atoms with Crippen LogP contribution in [0.5, 0.6) is 5.75 Å². The second kappa shape index (κ2) is 6.53. The number of carbonyl (C=O) groups excluding carboxylic acids is 2. The molecular weight excluding hydrogens is 360 g/mol. The Hall–Kier alpha value is -3.61. The number of ether oxygens (including phenoxy) is 1. The van der Waals surface area contributed by atoms with Gasteiger partial charge in [-0.25, -0.2) is 0 Å². The van der Waals surface area contributed by atoms with Crippen LogP contribution in [0.15, 0.2) is 45.6 Å². The van der Waals surface area contributed by atoms with Crippen molar-refractivity contribution >= 4 is 22.8 Å². The largest absolute Gasteiger partial charge is 0.484 e. The maximum absolute atomic E-state index is 13.2. The average Bonchev–Trinajstić information content (AvgIpc) is 2.97. The van der Waals surface area contributed by atoms with Crippen LogP contribution in [0.4, 0.5) is 0 Å². The third-order valence-corrected chi connectivity index (χ3v) is 4.74. The first-order valence-electron chi connectivity index (χ1n) is 8.75. The Labute approximate surface area is 160 Å². The number of fused-ring (bicyclic) bond motifs is 2. The van der Waals surface area contributed by atoms with Crippen LogP contribution in [0.2, 0.25) is 0 Å². The zero-order valence-corrected chi connectivity index (χ0v) is 15.4. The molecule has 1 atom stereocenters. The summed E-state index contributed by atoms with van der Waals surface area (Å²) in [5.41, 5.74) is 8.02. The van der Waals surface area contributed by atoms with E-state index >= 15 is 0 Å². The Balaban J connectivity index is 1.79. The molecule has 1 unspecified atom stereocenters. The van der Waals surface area contributed by atoms with Crippen LogP contribution >= 0.6 is 0 Å². The fraction of sp³-hybridized carbons (Fsp3) is 0.190. The number of hydrogen-bond donors (Lipinski definition) is 2. The van der Waals surface area contributed by atoms with E-state index in [4.69, 9.17) is 14.9 Å². The van der Waals surface area contributed by atoms with Gasteiger partial charge in [-0.2, -0.15) is 0 Å². The summed E-state index contributed by atoms with van der Waals surface area (Å²) < 4.78 is 11.1. The average molecular weight is 378 g/mol. The van der Waals surface area contributed by atoms with Crippen LogP contribution in [0.25, 0.3) is 11.0 Å². The summed E-state index contributed by atoms with van der Waals surface area (Å²) in [7, 11) is 0. The highest BCUT2D eigenvalue weighted by atomic mass is 16.5. The normalized spacial score (nSPS) is 15.4. The lowest BCUT2D eigenvalue weighted by Crippen LogP contribution is -2.22. The number of carbonyl (C=O) groups is 2. The molecule has 4 rings (SSSR count). The van der Waals surface area contributed by atoms with Gasteiger partial charge in [0.05, 0.1) is 17.0 Å². The van der Waals surface area contributed by atoms with Gasteiger partial charge in [-0.3, -0.25) is 14.4 Å². The minimum atomic E-state index is -0.617. The first-order chi connectivity index (χ1) is 13.3. The molecule has 2 aromatic carbocycles. The molecule has 0 saturated heterocycles. The molecule has 0 saturated carbocycles. The van der Waals surface area contributed by atoms with Gasteiger partial charge in [0.15, 0.2) is 12.0 Å². The zero-order valence-electron chi connectivity index (χ0n) is 15.4. The topological polar surface area (TPSA) is 112 Å². The molecule has 142 valence electrons. The number of primary amides is 1. The van der Waals surface area contributed by atoms with Gasteiger partial charge in [-0.05, 0) is 48.7 Å². The van der Waals surface area contributed by atoms with Crippen LogP contribution < -0.4 is 21.2 Å². The van der Waals surface area contributed by atoms with E-state index in [-0.39, 0.29) is 17.8 Å². The standard InChI is InChI=1S/C21H18N2O5/c1-10-7-11(2)16-14(8-10)28-20-17(19(16)25)18(23-21(20)26)12-3-5-13(6-4-12)27-9-15(22)24/h3-8,18H,9H2,1-2H3,(H2,22,24)(H,23,26). The number of amides is 2. The van der Waals surface area contributed by atoms with Gasteiger partial charge >= 0.3 is 0 Å². The van der Waals surface area contributed by atoms with Gasteiger partial charge in [0.2, 0.25) is 5.76 Å². The lowest BCUT2D eigenvalue weighted by molar-refractivity contribution is -0.119. The van der Waals surface area contributed by atoms with Crippen LogP contribution in [-0.4, -0.2) is 18.4 Å². The third kappa shape index (κ3) is 2.90. The third-order valence-electron chi connectivity index (χ3n) is 4.74.